The monoisotopic (exact) mass is 419 g/mol. The summed E-state index contributed by atoms with van der Waals surface area (Å²) < 4.78 is 15.3. The second-order valence-corrected chi connectivity index (χ2v) is 6.86. The van der Waals surface area contributed by atoms with E-state index in [2.05, 4.69) is 5.32 Å². The van der Waals surface area contributed by atoms with Gasteiger partial charge in [-0.1, -0.05) is 30.3 Å². The summed E-state index contributed by atoms with van der Waals surface area (Å²) in [6.45, 7) is 0.143. The van der Waals surface area contributed by atoms with Gasteiger partial charge in [0.1, 0.15) is 11.5 Å². The highest BCUT2D eigenvalue weighted by atomic mass is 16.5. The Kier molecular flexibility index (Phi) is 7.65. The highest BCUT2D eigenvalue weighted by Crippen LogP contribution is 2.22. The molecule has 0 aromatic heterocycles. The van der Waals surface area contributed by atoms with Crippen LogP contribution in [-0.2, 0) is 20.7 Å². The molecular weight excluding hydrogens is 394 g/mol. The van der Waals surface area contributed by atoms with E-state index in [4.69, 9.17) is 14.2 Å². The summed E-state index contributed by atoms with van der Waals surface area (Å²) in [4.78, 5) is 23.8. The summed E-state index contributed by atoms with van der Waals surface area (Å²) in [6, 6.07) is 19.2. The summed E-state index contributed by atoms with van der Waals surface area (Å²) in [5.74, 6) is 0.674. The molecule has 3 aromatic carbocycles. The van der Waals surface area contributed by atoms with E-state index in [-0.39, 0.29) is 12.5 Å². The molecular formula is C25H25NO5. The Bertz CT molecular complexity index is 1070. The number of hydrogen-bond donors (Lipinski definition) is 1. The summed E-state index contributed by atoms with van der Waals surface area (Å²) in [5.41, 5.74) is 1.94. The SMILES string of the molecule is COc1ccc(CCNC(=O)COC(=O)/C=C/c2ccc3cc(OC)ccc3c2)cc1. The smallest absolute Gasteiger partial charge is 0.331 e. The molecule has 31 heavy (non-hydrogen) atoms. The Morgan fingerprint density at radius 3 is 2.29 bits per heavy atom. The Labute approximate surface area is 181 Å². The topological polar surface area (TPSA) is 73.9 Å². The average molecular weight is 419 g/mol. The minimum Gasteiger partial charge on any atom is -0.497 e. The fourth-order valence-electron chi connectivity index (χ4n) is 3.01. The summed E-state index contributed by atoms with van der Waals surface area (Å²) in [7, 11) is 3.25. The van der Waals surface area contributed by atoms with Crippen molar-refractivity contribution in [2.75, 3.05) is 27.4 Å². The van der Waals surface area contributed by atoms with E-state index < -0.39 is 5.97 Å². The molecule has 6 heteroatoms. The molecule has 0 fully saturated rings. The molecule has 6 nitrogen and oxygen atoms in total. The molecule has 0 saturated heterocycles. The number of fused-ring (bicyclic) bond motifs is 1. The number of esters is 1. The third-order valence-corrected chi connectivity index (χ3v) is 4.72. The van der Waals surface area contributed by atoms with Gasteiger partial charge < -0.3 is 19.5 Å². The van der Waals surface area contributed by atoms with Crippen LogP contribution in [0, 0.1) is 0 Å². The molecule has 0 aliphatic carbocycles. The number of carbonyl (C=O) groups is 2. The Balaban J connectivity index is 1.42. The van der Waals surface area contributed by atoms with Crippen LogP contribution in [-0.4, -0.2) is 39.2 Å². The molecule has 0 spiro atoms. The van der Waals surface area contributed by atoms with Crippen molar-refractivity contribution < 1.29 is 23.8 Å². The lowest BCUT2D eigenvalue weighted by atomic mass is 10.1. The van der Waals surface area contributed by atoms with E-state index in [1.807, 2.05) is 60.7 Å². The van der Waals surface area contributed by atoms with Gasteiger partial charge in [-0.3, -0.25) is 4.79 Å². The minimum atomic E-state index is -0.569. The zero-order valence-corrected chi connectivity index (χ0v) is 17.6. The third-order valence-electron chi connectivity index (χ3n) is 4.72. The maximum Gasteiger partial charge on any atom is 0.331 e. The molecule has 0 aliphatic heterocycles. The van der Waals surface area contributed by atoms with Gasteiger partial charge in [-0.25, -0.2) is 4.79 Å². The average Bonchev–Trinajstić information content (AvgIpc) is 2.81. The molecule has 0 unspecified atom stereocenters. The second kappa shape index (κ2) is 10.8. The van der Waals surface area contributed by atoms with Gasteiger partial charge in [0.25, 0.3) is 5.91 Å². The number of nitrogens with one attached hydrogen (secondary N) is 1. The van der Waals surface area contributed by atoms with Gasteiger partial charge in [0.2, 0.25) is 0 Å². The standard InChI is InChI=1S/C25H25NO5/c1-29-22-9-4-18(5-10-22)13-14-26-24(27)17-31-25(28)12-6-19-3-7-21-16-23(30-2)11-8-20(21)15-19/h3-12,15-16H,13-14,17H2,1-2H3,(H,26,27)/b12-6+. The number of methoxy groups -OCH3 is 2. The highest BCUT2D eigenvalue weighted by Gasteiger charge is 2.05. The second-order valence-electron chi connectivity index (χ2n) is 6.86. The molecule has 0 saturated carbocycles. The van der Waals surface area contributed by atoms with E-state index in [0.29, 0.717) is 13.0 Å². The van der Waals surface area contributed by atoms with Gasteiger partial charge in [0.15, 0.2) is 6.61 Å². The lowest BCUT2D eigenvalue weighted by Crippen LogP contribution is -2.30. The molecule has 3 aromatic rings. The number of hydrogen-bond acceptors (Lipinski definition) is 5. The Morgan fingerprint density at radius 1 is 0.871 bits per heavy atom. The number of amides is 1. The fourth-order valence-corrected chi connectivity index (χ4v) is 3.01. The van der Waals surface area contributed by atoms with Gasteiger partial charge in [0, 0.05) is 12.6 Å². The van der Waals surface area contributed by atoms with E-state index >= 15 is 0 Å². The van der Waals surface area contributed by atoms with Crippen LogP contribution in [0.15, 0.2) is 66.7 Å². The van der Waals surface area contributed by atoms with Crippen LogP contribution in [0.5, 0.6) is 11.5 Å². The largest absolute Gasteiger partial charge is 0.497 e. The minimum absolute atomic E-state index is 0.316. The van der Waals surface area contributed by atoms with E-state index in [0.717, 1.165) is 33.4 Å². The van der Waals surface area contributed by atoms with Gasteiger partial charge >= 0.3 is 5.97 Å². The van der Waals surface area contributed by atoms with Crippen molar-refractivity contribution in [3.63, 3.8) is 0 Å². The molecule has 0 aliphatic rings. The normalized spacial score (nSPS) is 10.8. The van der Waals surface area contributed by atoms with Crippen molar-refractivity contribution in [3.8, 4) is 11.5 Å². The van der Waals surface area contributed by atoms with Crippen molar-refractivity contribution in [2.24, 2.45) is 0 Å². The van der Waals surface area contributed by atoms with Crippen LogP contribution in [0.25, 0.3) is 16.8 Å². The predicted molar refractivity (Wildman–Crippen MR) is 120 cm³/mol. The first kappa shape index (κ1) is 21.9. The van der Waals surface area contributed by atoms with Gasteiger partial charge in [0.05, 0.1) is 14.2 Å². The fraction of sp³-hybridized carbons (Fsp3) is 0.200. The molecule has 0 heterocycles. The van der Waals surface area contributed by atoms with E-state index in [1.165, 1.54) is 6.08 Å². The summed E-state index contributed by atoms with van der Waals surface area (Å²) in [5, 5.41) is 4.82. The molecule has 1 amide bonds. The molecule has 0 radical (unpaired) electrons. The molecule has 160 valence electrons. The van der Waals surface area contributed by atoms with E-state index in [1.54, 1.807) is 20.3 Å². The first-order valence-corrected chi connectivity index (χ1v) is 9.89. The van der Waals surface area contributed by atoms with Gasteiger partial charge in [-0.2, -0.15) is 0 Å². The van der Waals surface area contributed by atoms with Gasteiger partial charge in [-0.15, -0.1) is 0 Å². The van der Waals surface area contributed by atoms with Crippen molar-refractivity contribution in [1.29, 1.82) is 0 Å². The lowest BCUT2D eigenvalue weighted by molar-refractivity contribution is -0.143. The first-order chi connectivity index (χ1) is 15.1. The molecule has 3 rings (SSSR count). The van der Waals surface area contributed by atoms with E-state index in [9.17, 15) is 9.59 Å². The zero-order valence-electron chi connectivity index (χ0n) is 17.6. The van der Waals surface area contributed by atoms with Crippen molar-refractivity contribution in [3.05, 3.63) is 77.9 Å². The number of rotatable bonds is 9. The van der Waals surface area contributed by atoms with Crippen molar-refractivity contribution in [1.82, 2.24) is 5.32 Å². The molecule has 0 bridgehead atoms. The number of benzene rings is 3. The van der Waals surface area contributed by atoms with Gasteiger partial charge in [-0.05, 0) is 64.7 Å². The van der Waals surface area contributed by atoms with Crippen LogP contribution in [0.1, 0.15) is 11.1 Å². The summed E-state index contributed by atoms with van der Waals surface area (Å²) >= 11 is 0. The van der Waals surface area contributed by atoms with Crippen LogP contribution in [0.4, 0.5) is 0 Å². The summed E-state index contributed by atoms with van der Waals surface area (Å²) in [6.07, 6.45) is 3.65. The Hall–Kier alpha value is -3.80. The van der Waals surface area contributed by atoms with Crippen LogP contribution >= 0.6 is 0 Å². The number of ether oxygens (including phenoxy) is 3. The first-order valence-electron chi connectivity index (χ1n) is 9.89. The maximum absolute atomic E-state index is 11.9. The van der Waals surface area contributed by atoms with Crippen molar-refractivity contribution >= 4 is 28.7 Å². The molecule has 0 atom stereocenters. The van der Waals surface area contributed by atoms with Crippen LogP contribution in [0.2, 0.25) is 0 Å². The zero-order chi connectivity index (χ0) is 22.1. The maximum atomic E-state index is 11.9. The van der Waals surface area contributed by atoms with Crippen LogP contribution in [0.3, 0.4) is 0 Å². The number of carbonyl (C=O) groups excluding carboxylic acids is 2. The molecule has 1 N–H and O–H groups in total. The van der Waals surface area contributed by atoms with Crippen LogP contribution < -0.4 is 14.8 Å². The predicted octanol–water partition coefficient (Wildman–Crippen LogP) is 3.77. The quantitative estimate of drug-likeness (QED) is 0.422. The lowest BCUT2D eigenvalue weighted by Gasteiger charge is -2.06. The van der Waals surface area contributed by atoms with Crippen molar-refractivity contribution in [2.45, 2.75) is 6.42 Å². The third kappa shape index (κ3) is 6.60. The Morgan fingerprint density at radius 2 is 1.55 bits per heavy atom. The highest BCUT2D eigenvalue weighted by molar-refractivity contribution is 5.91.